The molecule has 0 aliphatic rings. The number of aromatic nitrogens is 4. The predicted octanol–water partition coefficient (Wildman–Crippen LogP) is 3.85. The molecule has 106 valence electrons. The molecule has 3 aromatic rings. The van der Waals surface area contributed by atoms with Gasteiger partial charge in [-0.05, 0) is 12.5 Å². The fourth-order valence-corrected chi connectivity index (χ4v) is 2.30. The molecule has 0 spiro atoms. The standard InChI is InChI=1S/C16H15ClN4/c1-3-14-19-15(17)11(2)16(20-14)21-10-13(9-18-21)12-7-5-4-6-8-12/h4-10H,3H2,1-2H3. The van der Waals surface area contributed by atoms with E-state index in [2.05, 4.69) is 27.2 Å². The van der Waals surface area contributed by atoms with Gasteiger partial charge in [-0.2, -0.15) is 5.10 Å². The monoisotopic (exact) mass is 298 g/mol. The minimum absolute atomic E-state index is 0.480. The normalized spacial score (nSPS) is 10.8. The van der Waals surface area contributed by atoms with E-state index < -0.39 is 0 Å². The summed E-state index contributed by atoms with van der Waals surface area (Å²) in [5.41, 5.74) is 3.00. The zero-order chi connectivity index (χ0) is 14.8. The van der Waals surface area contributed by atoms with E-state index in [1.54, 1.807) is 4.68 Å². The lowest BCUT2D eigenvalue weighted by atomic mass is 10.1. The third-order valence-corrected chi connectivity index (χ3v) is 3.70. The molecule has 0 atom stereocenters. The Hall–Kier alpha value is -2.20. The molecule has 2 heterocycles. The summed E-state index contributed by atoms with van der Waals surface area (Å²) in [6, 6.07) is 10.1. The Kier molecular flexibility index (Phi) is 3.71. The van der Waals surface area contributed by atoms with Gasteiger partial charge in [0, 0.05) is 23.7 Å². The molecule has 0 bridgehead atoms. The summed E-state index contributed by atoms with van der Waals surface area (Å²) in [5, 5.41) is 4.89. The molecule has 0 unspecified atom stereocenters. The van der Waals surface area contributed by atoms with Gasteiger partial charge < -0.3 is 0 Å². The second-order valence-corrected chi connectivity index (χ2v) is 5.13. The van der Waals surface area contributed by atoms with E-state index in [-0.39, 0.29) is 0 Å². The van der Waals surface area contributed by atoms with Crippen molar-refractivity contribution in [2.24, 2.45) is 0 Å². The number of nitrogens with zero attached hydrogens (tertiary/aromatic N) is 4. The van der Waals surface area contributed by atoms with Gasteiger partial charge in [-0.1, -0.05) is 48.9 Å². The van der Waals surface area contributed by atoms with Gasteiger partial charge >= 0.3 is 0 Å². The predicted molar refractivity (Wildman–Crippen MR) is 83.7 cm³/mol. The number of benzene rings is 1. The van der Waals surface area contributed by atoms with Crippen LogP contribution in [0.25, 0.3) is 16.9 Å². The Morgan fingerprint density at radius 1 is 1.10 bits per heavy atom. The Bertz CT molecular complexity index is 765. The van der Waals surface area contributed by atoms with Crippen LogP contribution in [0.3, 0.4) is 0 Å². The Balaban J connectivity index is 2.06. The van der Waals surface area contributed by atoms with Gasteiger partial charge in [0.25, 0.3) is 0 Å². The summed E-state index contributed by atoms with van der Waals surface area (Å²) in [7, 11) is 0. The van der Waals surface area contributed by atoms with Crippen molar-refractivity contribution in [2.75, 3.05) is 0 Å². The van der Waals surface area contributed by atoms with Crippen molar-refractivity contribution in [1.82, 2.24) is 19.7 Å². The lowest BCUT2D eigenvalue weighted by Crippen LogP contribution is -2.06. The molecule has 4 nitrogen and oxygen atoms in total. The van der Waals surface area contributed by atoms with Crippen molar-refractivity contribution in [3.63, 3.8) is 0 Å². The van der Waals surface area contributed by atoms with Crippen LogP contribution in [0.4, 0.5) is 0 Å². The van der Waals surface area contributed by atoms with Crippen molar-refractivity contribution in [3.8, 4) is 16.9 Å². The lowest BCUT2D eigenvalue weighted by Gasteiger charge is -2.08. The minimum Gasteiger partial charge on any atom is -0.222 e. The molecule has 2 aromatic heterocycles. The van der Waals surface area contributed by atoms with Crippen LogP contribution in [0.2, 0.25) is 5.15 Å². The van der Waals surface area contributed by atoms with Gasteiger partial charge in [-0.25, -0.2) is 14.6 Å². The number of rotatable bonds is 3. The molecule has 0 saturated carbocycles. The minimum atomic E-state index is 0.480. The SMILES string of the molecule is CCc1nc(Cl)c(C)c(-n2cc(-c3ccccc3)cn2)n1. The average Bonchev–Trinajstić information content (AvgIpc) is 3.00. The van der Waals surface area contributed by atoms with Crippen LogP contribution in [-0.2, 0) is 6.42 Å². The molecule has 0 amide bonds. The fraction of sp³-hybridized carbons (Fsp3) is 0.188. The van der Waals surface area contributed by atoms with Crippen molar-refractivity contribution in [3.05, 3.63) is 59.3 Å². The number of aryl methyl sites for hydroxylation is 1. The Labute approximate surface area is 128 Å². The first-order chi connectivity index (χ1) is 10.2. The first-order valence-electron chi connectivity index (χ1n) is 6.82. The summed E-state index contributed by atoms with van der Waals surface area (Å²) in [6.07, 6.45) is 4.52. The molecular weight excluding hydrogens is 284 g/mol. The highest BCUT2D eigenvalue weighted by molar-refractivity contribution is 6.30. The molecule has 0 aliphatic carbocycles. The molecule has 3 rings (SSSR count). The van der Waals surface area contributed by atoms with Crippen LogP contribution in [0.5, 0.6) is 0 Å². The highest BCUT2D eigenvalue weighted by Gasteiger charge is 2.12. The van der Waals surface area contributed by atoms with Gasteiger partial charge in [0.05, 0.1) is 6.20 Å². The van der Waals surface area contributed by atoms with Crippen LogP contribution >= 0.6 is 11.6 Å². The van der Waals surface area contributed by atoms with E-state index in [1.165, 1.54) is 0 Å². The first-order valence-corrected chi connectivity index (χ1v) is 7.20. The molecule has 0 aliphatic heterocycles. The second-order valence-electron chi connectivity index (χ2n) is 4.77. The maximum Gasteiger partial charge on any atom is 0.161 e. The molecule has 1 aromatic carbocycles. The van der Waals surface area contributed by atoms with Crippen LogP contribution in [0.1, 0.15) is 18.3 Å². The zero-order valence-corrected chi connectivity index (χ0v) is 12.7. The molecule has 21 heavy (non-hydrogen) atoms. The lowest BCUT2D eigenvalue weighted by molar-refractivity contribution is 0.803. The van der Waals surface area contributed by atoms with Crippen LogP contribution in [-0.4, -0.2) is 19.7 Å². The molecule has 0 N–H and O–H groups in total. The zero-order valence-electron chi connectivity index (χ0n) is 11.9. The smallest absolute Gasteiger partial charge is 0.161 e. The number of halogens is 1. The average molecular weight is 299 g/mol. The van der Waals surface area contributed by atoms with E-state index in [0.717, 1.165) is 34.8 Å². The highest BCUT2D eigenvalue weighted by atomic mass is 35.5. The van der Waals surface area contributed by atoms with E-state index >= 15 is 0 Å². The van der Waals surface area contributed by atoms with Gasteiger partial charge in [0.2, 0.25) is 0 Å². The maximum atomic E-state index is 6.18. The third kappa shape index (κ3) is 2.67. The van der Waals surface area contributed by atoms with Crippen molar-refractivity contribution < 1.29 is 0 Å². The van der Waals surface area contributed by atoms with Crippen LogP contribution in [0, 0.1) is 6.92 Å². The largest absolute Gasteiger partial charge is 0.222 e. The van der Waals surface area contributed by atoms with Crippen molar-refractivity contribution >= 4 is 11.6 Å². The summed E-state index contributed by atoms with van der Waals surface area (Å²) in [5.74, 6) is 1.45. The first kappa shape index (κ1) is 13.8. The fourth-order valence-electron chi connectivity index (χ4n) is 2.12. The van der Waals surface area contributed by atoms with Gasteiger partial charge in [0.15, 0.2) is 5.82 Å². The van der Waals surface area contributed by atoms with E-state index in [0.29, 0.717) is 5.15 Å². The van der Waals surface area contributed by atoms with Crippen LogP contribution in [0.15, 0.2) is 42.7 Å². The third-order valence-electron chi connectivity index (χ3n) is 3.33. The molecule has 0 saturated heterocycles. The summed E-state index contributed by atoms with van der Waals surface area (Å²) >= 11 is 6.18. The molecular formula is C16H15ClN4. The van der Waals surface area contributed by atoms with Gasteiger partial charge in [-0.3, -0.25) is 0 Å². The van der Waals surface area contributed by atoms with E-state index in [1.807, 2.05) is 44.4 Å². The summed E-state index contributed by atoms with van der Waals surface area (Å²) < 4.78 is 1.75. The topological polar surface area (TPSA) is 43.6 Å². The van der Waals surface area contributed by atoms with Crippen LogP contribution < -0.4 is 0 Å². The molecule has 0 radical (unpaired) electrons. The summed E-state index contributed by atoms with van der Waals surface area (Å²) in [6.45, 7) is 3.91. The van der Waals surface area contributed by atoms with Gasteiger partial charge in [-0.15, -0.1) is 0 Å². The quantitative estimate of drug-likeness (QED) is 0.690. The molecule has 0 fully saturated rings. The Morgan fingerprint density at radius 2 is 1.86 bits per heavy atom. The van der Waals surface area contributed by atoms with E-state index in [4.69, 9.17) is 11.6 Å². The van der Waals surface area contributed by atoms with Crippen molar-refractivity contribution in [1.29, 1.82) is 0 Å². The molecule has 5 heteroatoms. The number of hydrogen-bond donors (Lipinski definition) is 0. The maximum absolute atomic E-state index is 6.18. The van der Waals surface area contributed by atoms with Gasteiger partial charge in [0.1, 0.15) is 11.0 Å². The highest BCUT2D eigenvalue weighted by Crippen LogP contribution is 2.22. The second kappa shape index (κ2) is 5.66. The van der Waals surface area contributed by atoms with E-state index in [9.17, 15) is 0 Å². The number of hydrogen-bond acceptors (Lipinski definition) is 3. The summed E-state index contributed by atoms with van der Waals surface area (Å²) in [4.78, 5) is 8.79. The Morgan fingerprint density at radius 3 is 2.57 bits per heavy atom. The van der Waals surface area contributed by atoms with Crippen molar-refractivity contribution in [2.45, 2.75) is 20.3 Å².